The molecule has 0 aliphatic carbocycles. The maximum atomic E-state index is 14.2. The fraction of sp³-hybridized carbons (Fsp3) is 0.161. The largest absolute Gasteiger partial charge is 0.491 e. The third kappa shape index (κ3) is 3.48. The van der Waals surface area contributed by atoms with Crippen molar-refractivity contribution in [1.29, 1.82) is 0 Å². The van der Waals surface area contributed by atoms with Gasteiger partial charge < -0.3 is 24.4 Å². The van der Waals surface area contributed by atoms with E-state index in [1.165, 1.54) is 6.07 Å². The molecule has 39 heavy (non-hydrogen) atoms. The van der Waals surface area contributed by atoms with Gasteiger partial charge in [0.2, 0.25) is 12.7 Å². The highest BCUT2D eigenvalue weighted by Crippen LogP contribution is 2.55. The lowest BCUT2D eigenvalue weighted by Gasteiger charge is -2.23. The SMILES string of the molecule is Cc1c(F)cccc1NC(=O)c1cccc(CN2C(=O)C3(COc4cc5c(cc43)OCO5)c3ccccc32)c1. The van der Waals surface area contributed by atoms with Crippen LogP contribution in [0.15, 0.2) is 78.9 Å². The van der Waals surface area contributed by atoms with Crippen molar-refractivity contribution in [3.05, 3.63) is 112 Å². The van der Waals surface area contributed by atoms with Gasteiger partial charge in [0.1, 0.15) is 23.6 Å². The highest BCUT2D eigenvalue weighted by atomic mass is 19.1. The first-order chi connectivity index (χ1) is 19.0. The first-order valence-corrected chi connectivity index (χ1v) is 12.6. The van der Waals surface area contributed by atoms with Crippen LogP contribution in [0.4, 0.5) is 15.8 Å². The fourth-order valence-electron chi connectivity index (χ4n) is 5.65. The molecule has 1 N–H and O–H groups in total. The van der Waals surface area contributed by atoms with E-state index in [9.17, 15) is 14.0 Å². The number of amides is 2. The van der Waals surface area contributed by atoms with Crippen molar-refractivity contribution in [3.63, 3.8) is 0 Å². The van der Waals surface area contributed by atoms with Gasteiger partial charge in [-0.05, 0) is 54.4 Å². The number of nitrogens with one attached hydrogen (secondary N) is 1. The van der Waals surface area contributed by atoms with Crippen molar-refractivity contribution < 1.29 is 28.2 Å². The Morgan fingerprint density at radius 3 is 2.59 bits per heavy atom. The quantitative estimate of drug-likeness (QED) is 0.392. The van der Waals surface area contributed by atoms with E-state index in [0.29, 0.717) is 34.1 Å². The summed E-state index contributed by atoms with van der Waals surface area (Å²) in [7, 11) is 0. The standard InChI is InChI=1S/C31H23FN2O5/c1-18-23(32)9-5-10-24(18)33-29(35)20-7-4-6-19(12-20)15-34-25-11-3-2-8-21(25)31(30(34)36)16-37-26-14-28-27(13-22(26)31)38-17-39-28/h2-14H,15-17H2,1H3,(H,33,35). The second kappa shape index (κ2) is 8.59. The van der Waals surface area contributed by atoms with Crippen LogP contribution in [0.2, 0.25) is 0 Å². The van der Waals surface area contributed by atoms with Crippen LogP contribution in [0, 0.1) is 12.7 Å². The highest BCUT2D eigenvalue weighted by molar-refractivity contribution is 6.11. The van der Waals surface area contributed by atoms with Gasteiger partial charge >= 0.3 is 0 Å². The van der Waals surface area contributed by atoms with Gasteiger partial charge in [-0.25, -0.2) is 4.39 Å². The molecule has 8 heteroatoms. The number of rotatable bonds is 4. The number of benzene rings is 4. The molecule has 1 atom stereocenters. The zero-order chi connectivity index (χ0) is 26.7. The van der Waals surface area contributed by atoms with E-state index in [4.69, 9.17) is 14.2 Å². The van der Waals surface area contributed by atoms with Gasteiger partial charge in [0, 0.05) is 34.1 Å². The van der Waals surface area contributed by atoms with Gasteiger partial charge in [0.05, 0.1) is 6.54 Å². The number of hydrogen-bond donors (Lipinski definition) is 1. The Morgan fingerprint density at radius 2 is 1.72 bits per heavy atom. The summed E-state index contributed by atoms with van der Waals surface area (Å²) in [6, 6.07) is 23.0. The fourth-order valence-corrected chi connectivity index (χ4v) is 5.65. The summed E-state index contributed by atoms with van der Waals surface area (Å²) in [4.78, 5) is 29.0. The molecule has 1 unspecified atom stereocenters. The number of carbonyl (C=O) groups excluding carboxylic acids is 2. The third-order valence-corrected chi connectivity index (χ3v) is 7.69. The van der Waals surface area contributed by atoms with Crippen LogP contribution in [-0.4, -0.2) is 25.2 Å². The first-order valence-electron chi connectivity index (χ1n) is 12.6. The summed E-state index contributed by atoms with van der Waals surface area (Å²) in [5, 5.41) is 2.79. The molecule has 0 saturated carbocycles. The Labute approximate surface area is 223 Å². The number of anilines is 2. The normalized spacial score (nSPS) is 18.2. The molecule has 0 bridgehead atoms. The van der Waals surface area contributed by atoms with Crippen LogP contribution < -0.4 is 24.4 Å². The average Bonchev–Trinajstić information content (AvgIpc) is 3.63. The first kappa shape index (κ1) is 23.3. The zero-order valence-electron chi connectivity index (χ0n) is 21.0. The second-order valence-corrected chi connectivity index (χ2v) is 9.87. The summed E-state index contributed by atoms with van der Waals surface area (Å²) in [6.07, 6.45) is 0. The van der Waals surface area contributed by atoms with Crippen LogP contribution in [0.1, 0.15) is 32.6 Å². The monoisotopic (exact) mass is 522 g/mol. The third-order valence-electron chi connectivity index (χ3n) is 7.69. The Balaban J connectivity index is 1.21. The van der Waals surface area contributed by atoms with E-state index in [-0.39, 0.29) is 37.6 Å². The topological polar surface area (TPSA) is 77.1 Å². The highest BCUT2D eigenvalue weighted by Gasteiger charge is 2.57. The number of hydrogen-bond acceptors (Lipinski definition) is 5. The van der Waals surface area contributed by atoms with E-state index < -0.39 is 5.41 Å². The maximum absolute atomic E-state index is 14.2. The van der Waals surface area contributed by atoms with Crippen molar-refractivity contribution in [2.45, 2.75) is 18.9 Å². The molecule has 2 amide bonds. The number of halogens is 1. The minimum Gasteiger partial charge on any atom is -0.491 e. The summed E-state index contributed by atoms with van der Waals surface area (Å²) < 4.78 is 31.1. The van der Waals surface area contributed by atoms with Crippen LogP contribution >= 0.6 is 0 Å². The van der Waals surface area contributed by atoms with E-state index in [0.717, 1.165) is 22.4 Å². The molecule has 0 fully saturated rings. The summed E-state index contributed by atoms with van der Waals surface area (Å²) in [6.45, 7) is 2.18. The Morgan fingerprint density at radius 1 is 0.923 bits per heavy atom. The smallest absolute Gasteiger partial charge is 0.255 e. The predicted molar refractivity (Wildman–Crippen MR) is 142 cm³/mol. The lowest BCUT2D eigenvalue weighted by molar-refractivity contribution is -0.122. The van der Waals surface area contributed by atoms with Gasteiger partial charge in [-0.15, -0.1) is 0 Å². The summed E-state index contributed by atoms with van der Waals surface area (Å²) >= 11 is 0. The lowest BCUT2D eigenvalue weighted by Crippen LogP contribution is -2.42. The molecule has 7 rings (SSSR count). The van der Waals surface area contributed by atoms with Gasteiger partial charge in [-0.1, -0.05) is 36.4 Å². The number of fused-ring (bicyclic) bond motifs is 5. The molecule has 194 valence electrons. The van der Waals surface area contributed by atoms with Crippen molar-refractivity contribution in [3.8, 4) is 17.2 Å². The van der Waals surface area contributed by atoms with Crippen molar-refractivity contribution in [2.24, 2.45) is 0 Å². The molecule has 4 aromatic carbocycles. The van der Waals surface area contributed by atoms with Gasteiger partial charge in [0.15, 0.2) is 11.5 Å². The molecule has 3 heterocycles. The van der Waals surface area contributed by atoms with E-state index in [2.05, 4.69) is 5.32 Å². The predicted octanol–water partition coefficient (Wildman–Crippen LogP) is 5.34. The molecule has 4 aromatic rings. The number of carbonyl (C=O) groups is 2. The molecule has 7 nitrogen and oxygen atoms in total. The van der Waals surface area contributed by atoms with Crippen LogP contribution in [0.5, 0.6) is 17.2 Å². The molecular weight excluding hydrogens is 499 g/mol. The molecule has 3 aliphatic heterocycles. The molecule has 3 aliphatic rings. The van der Waals surface area contributed by atoms with Crippen molar-refractivity contribution in [2.75, 3.05) is 23.6 Å². The Bertz CT molecular complexity index is 1690. The molecule has 0 radical (unpaired) electrons. The molecule has 0 aromatic heterocycles. The summed E-state index contributed by atoms with van der Waals surface area (Å²) in [5.41, 5.74) is 3.38. The minimum atomic E-state index is -1.00. The van der Waals surface area contributed by atoms with Crippen LogP contribution in [0.3, 0.4) is 0 Å². The molecular formula is C31H23FN2O5. The Hall–Kier alpha value is -4.85. The molecule has 1 spiro atoms. The van der Waals surface area contributed by atoms with E-state index >= 15 is 0 Å². The van der Waals surface area contributed by atoms with E-state index in [1.54, 1.807) is 48.2 Å². The molecule has 0 saturated heterocycles. The van der Waals surface area contributed by atoms with Gasteiger partial charge in [-0.3, -0.25) is 9.59 Å². The number of nitrogens with zero attached hydrogens (tertiary/aromatic N) is 1. The van der Waals surface area contributed by atoms with Gasteiger partial charge in [0.25, 0.3) is 5.91 Å². The maximum Gasteiger partial charge on any atom is 0.255 e. The van der Waals surface area contributed by atoms with Crippen LogP contribution in [0.25, 0.3) is 0 Å². The van der Waals surface area contributed by atoms with Crippen molar-refractivity contribution >= 4 is 23.2 Å². The zero-order valence-corrected chi connectivity index (χ0v) is 21.0. The number of para-hydroxylation sites is 1. The number of ether oxygens (including phenoxy) is 3. The van der Waals surface area contributed by atoms with Crippen LogP contribution in [-0.2, 0) is 16.8 Å². The van der Waals surface area contributed by atoms with E-state index in [1.807, 2.05) is 36.4 Å². The Kier molecular flexibility index (Phi) is 5.13. The minimum absolute atomic E-state index is 0.105. The summed E-state index contributed by atoms with van der Waals surface area (Å²) in [5.74, 6) is 0.953. The van der Waals surface area contributed by atoms with Gasteiger partial charge in [-0.2, -0.15) is 0 Å². The van der Waals surface area contributed by atoms with Crippen molar-refractivity contribution in [1.82, 2.24) is 0 Å². The lowest BCUT2D eigenvalue weighted by atomic mass is 9.77. The average molecular weight is 523 g/mol. The second-order valence-electron chi connectivity index (χ2n) is 9.87.